The van der Waals surface area contributed by atoms with E-state index in [2.05, 4.69) is 77.7 Å². The number of ether oxygens (including phenoxy) is 1. The summed E-state index contributed by atoms with van der Waals surface area (Å²) in [5, 5.41) is 10.1. The van der Waals surface area contributed by atoms with Crippen molar-refractivity contribution >= 4 is 12.0 Å². The van der Waals surface area contributed by atoms with Crippen LogP contribution in [0, 0.1) is 0 Å². The summed E-state index contributed by atoms with van der Waals surface area (Å²) in [6, 6.07) is 39.1. The lowest BCUT2D eigenvalue weighted by Gasteiger charge is -2.43. The van der Waals surface area contributed by atoms with Crippen LogP contribution in [0.3, 0.4) is 0 Å². The van der Waals surface area contributed by atoms with E-state index in [-0.39, 0.29) is 30.3 Å². The van der Waals surface area contributed by atoms with Crippen molar-refractivity contribution in [2.24, 2.45) is 5.73 Å². The van der Waals surface area contributed by atoms with Gasteiger partial charge in [0.25, 0.3) is 0 Å². The van der Waals surface area contributed by atoms with Crippen LogP contribution in [0.15, 0.2) is 115 Å². The van der Waals surface area contributed by atoms with E-state index in [0.717, 1.165) is 49.2 Å². The number of carboxylic acid groups (broad SMARTS) is 1. The Hall–Kier alpha value is -4.62. The summed E-state index contributed by atoms with van der Waals surface area (Å²) in [7, 11) is 0. The Morgan fingerprint density at radius 1 is 0.867 bits per heavy atom. The van der Waals surface area contributed by atoms with Crippen LogP contribution in [0.2, 0.25) is 0 Å². The topological polar surface area (TPSA) is 96.1 Å². The van der Waals surface area contributed by atoms with Crippen molar-refractivity contribution in [1.82, 2.24) is 9.80 Å². The Kier molecular flexibility index (Phi) is 11.2. The molecule has 2 unspecified atom stereocenters. The Labute approximate surface area is 266 Å². The smallest absolute Gasteiger partial charge is 0.407 e. The quantitative estimate of drug-likeness (QED) is 0.163. The molecule has 1 heterocycles. The maximum absolute atomic E-state index is 12.3. The lowest BCUT2D eigenvalue weighted by atomic mass is 9.87. The molecule has 0 bridgehead atoms. The third kappa shape index (κ3) is 9.19. The number of nitrogens with zero attached hydrogens (tertiary/aromatic N) is 2. The van der Waals surface area contributed by atoms with Gasteiger partial charge in [-0.1, -0.05) is 103 Å². The van der Waals surface area contributed by atoms with Gasteiger partial charge in [-0.05, 0) is 60.1 Å². The number of hydrogen-bond acceptors (Lipinski definition) is 4. The summed E-state index contributed by atoms with van der Waals surface area (Å²) >= 11 is 0. The fourth-order valence-electron chi connectivity index (χ4n) is 6.53. The number of piperidine rings is 1. The second-order valence-electron chi connectivity index (χ2n) is 11.9. The van der Waals surface area contributed by atoms with Crippen LogP contribution in [0.25, 0.3) is 0 Å². The summed E-state index contributed by atoms with van der Waals surface area (Å²) in [5.74, 6) is 0.530. The molecule has 2 atom stereocenters. The first-order valence-corrected chi connectivity index (χ1v) is 15.8. The van der Waals surface area contributed by atoms with Crippen LogP contribution < -0.4 is 10.5 Å². The molecular weight excluding hydrogens is 562 g/mol. The number of hydrogen-bond donors (Lipinski definition) is 2. The van der Waals surface area contributed by atoms with E-state index in [1.54, 1.807) is 4.90 Å². The minimum Gasteiger partial charge on any atom is -0.494 e. The zero-order valence-electron chi connectivity index (χ0n) is 25.7. The largest absolute Gasteiger partial charge is 0.494 e. The monoisotopic (exact) mass is 605 g/mol. The van der Waals surface area contributed by atoms with Crippen molar-refractivity contribution in [3.8, 4) is 5.75 Å². The standard InChI is InChI=1S/C38H43N3O4/c39-37(42)26-30-14-10-19-35(25-30)45-23-11-21-40(28-36(31-15-6-2-7-16-31)32-17-8-3-9-18-32)33-20-22-41(38(43)44)34(27-33)24-29-12-4-1-5-13-29/h1-10,12-19,25,33-34,36H,11,20-24,26-28H2,(H2,39,42)(H,43,44). The van der Waals surface area contributed by atoms with E-state index in [1.165, 1.54) is 11.1 Å². The highest BCUT2D eigenvalue weighted by atomic mass is 16.5. The fraction of sp³-hybridized carbons (Fsp3) is 0.316. The van der Waals surface area contributed by atoms with E-state index < -0.39 is 6.09 Å². The molecule has 4 aromatic carbocycles. The molecule has 234 valence electrons. The number of likely N-dealkylation sites (tertiary alicyclic amines) is 1. The molecule has 0 spiro atoms. The molecule has 0 radical (unpaired) electrons. The lowest BCUT2D eigenvalue weighted by Crippen LogP contribution is -2.53. The van der Waals surface area contributed by atoms with Crippen LogP contribution in [0.4, 0.5) is 4.79 Å². The highest BCUT2D eigenvalue weighted by Gasteiger charge is 2.35. The average Bonchev–Trinajstić information content (AvgIpc) is 3.05. The second kappa shape index (κ2) is 15.9. The van der Waals surface area contributed by atoms with Gasteiger partial charge in [0.05, 0.1) is 13.0 Å². The van der Waals surface area contributed by atoms with Crippen LogP contribution in [-0.4, -0.2) is 65.2 Å². The van der Waals surface area contributed by atoms with Crippen molar-refractivity contribution in [3.63, 3.8) is 0 Å². The van der Waals surface area contributed by atoms with Crippen LogP contribution >= 0.6 is 0 Å². The molecule has 5 rings (SSSR count). The van der Waals surface area contributed by atoms with Crippen molar-refractivity contribution in [3.05, 3.63) is 138 Å². The third-order valence-corrected chi connectivity index (χ3v) is 8.72. The molecule has 4 aromatic rings. The number of amides is 2. The summed E-state index contributed by atoms with van der Waals surface area (Å²) in [6.07, 6.45) is 2.39. The summed E-state index contributed by atoms with van der Waals surface area (Å²) in [6.45, 7) is 2.67. The summed E-state index contributed by atoms with van der Waals surface area (Å²) < 4.78 is 6.12. The first-order chi connectivity index (χ1) is 22.0. The third-order valence-electron chi connectivity index (χ3n) is 8.72. The van der Waals surface area contributed by atoms with Crippen LogP contribution in [0.1, 0.15) is 47.4 Å². The minimum absolute atomic E-state index is 0.0951. The molecule has 3 N–H and O–H groups in total. The lowest BCUT2D eigenvalue weighted by molar-refractivity contribution is -0.117. The van der Waals surface area contributed by atoms with Gasteiger partial charge in [-0.2, -0.15) is 0 Å². The van der Waals surface area contributed by atoms with Crippen LogP contribution in [-0.2, 0) is 17.6 Å². The summed E-state index contributed by atoms with van der Waals surface area (Å²) in [5.41, 5.74) is 9.90. The maximum atomic E-state index is 12.3. The molecule has 1 aliphatic rings. The van der Waals surface area contributed by atoms with Gasteiger partial charge in [0.1, 0.15) is 5.75 Å². The Morgan fingerprint density at radius 3 is 2.11 bits per heavy atom. The highest BCUT2D eigenvalue weighted by molar-refractivity contribution is 5.76. The molecule has 45 heavy (non-hydrogen) atoms. The van der Waals surface area contributed by atoms with Crippen molar-refractivity contribution < 1.29 is 19.4 Å². The number of primary amides is 1. The minimum atomic E-state index is -0.848. The SMILES string of the molecule is NC(=O)Cc1cccc(OCCCN(CC(c2ccccc2)c2ccccc2)C2CCN(C(=O)O)C(Cc3ccccc3)C2)c1. The van der Waals surface area contributed by atoms with Crippen molar-refractivity contribution in [1.29, 1.82) is 0 Å². The number of carbonyl (C=O) groups is 2. The Morgan fingerprint density at radius 2 is 1.49 bits per heavy atom. The Bertz CT molecular complexity index is 1460. The predicted molar refractivity (Wildman–Crippen MR) is 177 cm³/mol. The molecule has 0 saturated carbocycles. The molecule has 7 nitrogen and oxygen atoms in total. The molecule has 1 aliphatic heterocycles. The molecule has 0 aliphatic carbocycles. The van der Waals surface area contributed by atoms with E-state index in [9.17, 15) is 14.7 Å². The number of benzene rings is 4. The van der Waals surface area contributed by atoms with E-state index in [1.807, 2.05) is 42.5 Å². The number of rotatable bonds is 14. The first-order valence-electron chi connectivity index (χ1n) is 15.8. The second-order valence-corrected chi connectivity index (χ2v) is 11.9. The predicted octanol–water partition coefficient (Wildman–Crippen LogP) is 6.37. The van der Waals surface area contributed by atoms with E-state index in [0.29, 0.717) is 19.6 Å². The van der Waals surface area contributed by atoms with E-state index >= 15 is 0 Å². The molecule has 7 heteroatoms. The average molecular weight is 606 g/mol. The number of carbonyl (C=O) groups excluding carboxylic acids is 1. The van der Waals surface area contributed by atoms with Crippen LogP contribution in [0.5, 0.6) is 5.75 Å². The highest BCUT2D eigenvalue weighted by Crippen LogP contribution is 2.31. The van der Waals surface area contributed by atoms with Gasteiger partial charge in [0.2, 0.25) is 5.91 Å². The molecule has 0 aromatic heterocycles. The fourth-order valence-corrected chi connectivity index (χ4v) is 6.53. The maximum Gasteiger partial charge on any atom is 0.407 e. The zero-order valence-corrected chi connectivity index (χ0v) is 25.7. The first kappa shape index (κ1) is 31.8. The normalized spacial score (nSPS) is 16.5. The van der Waals surface area contributed by atoms with Gasteiger partial charge < -0.3 is 20.5 Å². The van der Waals surface area contributed by atoms with E-state index in [4.69, 9.17) is 10.5 Å². The zero-order chi connectivity index (χ0) is 31.4. The molecule has 1 saturated heterocycles. The van der Waals surface area contributed by atoms with Gasteiger partial charge in [-0.3, -0.25) is 9.69 Å². The number of nitrogens with two attached hydrogens (primary N) is 1. The van der Waals surface area contributed by atoms with Crippen molar-refractivity contribution in [2.45, 2.75) is 50.1 Å². The van der Waals surface area contributed by atoms with Gasteiger partial charge in [-0.15, -0.1) is 0 Å². The Balaban J connectivity index is 1.35. The van der Waals surface area contributed by atoms with Crippen molar-refractivity contribution in [2.75, 3.05) is 26.2 Å². The van der Waals surface area contributed by atoms with Gasteiger partial charge >= 0.3 is 6.09 Å². The van der Waals surface area contributed by atoms with Gasteiger partial charge in [0.15, 0.2) is 0 Å². The molecule has 1 fully saturated rings. The molecule has 2 amide bonds. The molecular formula is C38H43N3O4. The summed E-state index contributed by atoms with van der Waals surface area (Å²) in [4.78, 5) is 27.9. The van der Waals surface area contributed by atoms with Gasteiger partial charge in [0, 0.05) is 37.6 Å². The van der Waals surface area contributed by atoms with Gasteiger partial charge in [-0.25, -0.2) is 4.79 Å².